The first-order chi connectivity index (χ1) is 18.1. The van der Waals surface area contributed by atoms with E-state index in [0.29, 0.717) is 6.54 Å². The van der Waals surface area contributed by atoms with Crippen molar-refractivity contribution in [3.05, 3.63) is 119 Å². The van der Waals surface area contributed by atoms with Crippen LogP contribution in [0, 0.1) is 0 Å². The zero-order chi connectivity index (χ0) is 25.5. The van der Waals surface area contributed by atoms with Crippen LogP contribution >= 0.6 is 0 Å². The van der Waals surface area contributed by atoms with E-state index >= 15 is 0 Å². The average molecular weight is 489 g/mol. The smallest absolute Gasteiger partial charge is 0.255 e. The number of benzene rings is 4. The Balaban J connectivity index is 1.59. The molecule has 0 N–H and O–H groups in total. The van der Waals surface area contributed by atoms with Crippen molar-refractivity contribution >= 4 is 16.8 Å². The number of amides is 1. The van der Waals surface area contributed by atoms with Gasteiger partial charge in [-0.2, -0.15) is 0 Å². The number of nitrogens with zero attached hydrogens (tertiary/aromatic N) is 2. The Labute approximate surface area is 216 Å². The number of aryl methyl sites for hydroxylation is 1. The van der Waals surface area contributed by atoms with E-state index in [1.54, 1.807) is 14.2 Å². The third-order valence-corrected chi connectivity index (χ3v) is 7.33. The van der Waals surface area contributed by atoms with Gasteiger partial charge in [0.1, 0.15) is 11.5 Å². The Hall–Kier alpha value is -4.51. The number of carbonyl (C=O) groups excluding carboxylic acids is 1. The van der Waals surface area contributed by atoms with Gasteiger partial charge in [-0.15, -0.1) is 0 Å². The standard InChI is InChI=1S/C32H28N2O3/c1-33-28-14-7-6-13-27(28)29(30(33)22-9-8-10-24(19-22)37-3)31-25-11-4-5-12-26(25)32(35)34(31)20-21-15-17-23(36-2)18-16-21/h4-19,31H,20H2,1-3H3/t31-/m1/s1. The Kier molecular flexibility index (Phi) is 5.68. The van der Waals surface area contributed by atoms with Gasteiger partial charge in [-0.1, -0.05) is 60.7 Å². The number of hydrogen-bond acceptors (Lipinski definition) is 3. The van der Waals surface area contributed by atoms with Gasteiger partial charge in [0, 0.05) is 41.2 Å². The van der Waals surface area contributed by atoms with Gasteiger partial charge in [-0.05, 0) is 47.5 Å². The van der Waals surface area contributed by atoms with Gasteiger partial charge in [0.25, 0.3) is 5.91 Å². The molecule has 0 fully saturated rings. The third kappa shape index (κ3) is 3.75. The molecule has 37 heavy (non-hydrogen) atoms. The molecule has 4 aromatic carbocycles. The van der Waals surface area contributed by atoms with E-state index in [1.807, 2.05) is 59.5 Å². The summed E-state index contributed by atoms with van der Waals surface area (Å²) in [7, 11) is 5.44. The summed E-state index contributed by atoms with van der Waals surface area (Å²) in [4.78, 5) is 15.9. The Bertz CT molecular complexity index is 1620. The van der Waals surface area contributed by atoms with Crippen LogP contribution in [0.4, 0.5) is 0 Å². The lowest BCUT2D eigenvalue weighted by atomic mass is 9.93. The number of para-hydroxylation sites is 1. The number of ether oxygens (including phenoxy) is 2. The number of methoxy groups -OCH3 is 2. The molecule has 1 aromatic heterocycles. The highest BCUT2D eigenvalue weighted by Gasteiger charge is 2.40. The van der Waals surface area contributed by atoms with E-state index in [1.165, 1.54) is 0 Å². The number of aromatic nitrogens is 1. The molecular weight excluding hydrogens is 460 g/mol. The van der Waals surface area contributed by atoms with Gasteiger partial charge in [0.15, 0.2) is 0 Å². The molecule has 0 spiro atoms. The maximum absolute atomic E-state index is 13.9. The van der Waals surface area contributed by atoms with Gasteiger partial charge in [0.2, 0.25) is 0 Å². The monoisotopic (exact) mass is 488 g/mol. The highest BCUT2D eigenvalue weighted by Crippen LogP contribution is 2.47. The minimum absolute atomic E-state index is 0.0425. The second kappa shape index (κ2) is 9.17. The van der Waals surface area contributed by atoms with Crippen molar-refractivity contribution in [3.63, 3.8) is 0 Å². The summed E-state index contributed by atoms with van der Waals surface area (Å²) in [6.07, 6.45) is 0. The molecule has 0 radical (unpaired) electrons. The van der Waals surface area contributed by atoms with Crippen molar-refractivity contribution in [1.29, 1.82) is 0 Å². The fourth-order valence-corrected chi connectivity index (χ4v) is 5.59. The summed E-state index contributed by atoms with van der Waals surface area (Å²) in [6.45, 7) is 0.489. The van der Waals surface area contributed by atoms with Crippen molar-refractivity contribution in [3.8, 4) is 22.8 Å². The first kappa shape index (κ1) is 22.9. The number of carbonyl (C=O) groups is 1. The molecule has 1 aliphatic heterocycles. The van der Waals surface area contributed by atoms with Crippen LogP contribution in [0.25, 0.3) is 22.2 Å². The Morgan fingerprint density at radius 1 is 0.784 bits per heavy atom. The second-order valence-corrected chi connectivity index (χ2v) is 9.34. The molecule has 5 aromatic rings. The van der Waals surface area contributed by atoms with Crippen LogP contribution in [0.3, 0.4) is 0 Å². The summed E-state index contributed by atoms with van der Waals surface area (Å²) in [6, 6.07) is 32.2. The van der Waals surface area contributed by atoms with Crippen LogP contribution in [0.1, 0.15) is 33.1 Å². The van der Waals surface area contributed by atoms with Gasteiger partial charge in [-0.3, -0.25) is 4.79 Å². The molecule has 2 heterocycles. The lowest BCUT2D eigenvalue weighted by Crippen LogP contribution is -2.28. The molecular formula is C32H28N2O3. The highest BCUT2D eigenvalue weighted by molar-refractivity contribution is 6.02. The quantitative estimate of drug-likeness (QED) is 0.270. The molecule has 5 heteroatoms. The van der Waals surface area contributed by atoms with Crippen LogP contribution < -0.4 is 9.47 Å². The molecule has 1 aliphatic rings. The van der Waals surface area contributed by atoms with Crippen molar-refractivity contribution in [2.45, 2.75) is 12.6 Å². The second-order valence-electron chi connectivity index (χ2n) is 9.34. The fraction of sp³-hybridized carbons (Fsp3) is 0.156. The van der Waals surface area contributed by atoms with E-state index in [2.05, 4.69) is 54.1 Å². The van der Waals surface area contributed by atoms with E-state index in [0.717, 1.165) is 55.9 Å². The first-order valence-electron chi connectivity index (χ1n) is 12.3. The Morgan fingerprint density at radius 3 is 2.30 bits per heavy atom. The van der Waals surface area contributed by atoms with Crippen molar-refractivity contribution < 1.29 is 14.3 Å². The van der Waals surface area contributed by atoms with Gasteiger partial charge < -0.3 is 18.9 Å². The molecule has 0 aliphatic carbocycles. The molecule has 0 bridgehead atoms. The maximum atomic E-state index is 13.9. The van der Waals surface area contributed by atoms with E-state index in [9.17, 15) is 4.79 Å². The highest BCUT2D eigenvalue weighted by atomic mass is 16.5. The summed E-state index contributed by atoms with van der Waals surface area (Å²) in [5.74, 6) is 1.64. The van der Waals surface area contributed by atoms with Crippen molar-refractivity contribution in [1.82, 2.24) is 9.47 Å². The molecule has 6 rings (SSSR count). The fourth-order valence-electron chi connectivity index (χ4n) is 5.59. The zero-order valence-corrected chi connectivity index (χ0v) is 21.1. The molecule has 0 saturated heterocycles. The zero-order valence-electron chi connectivity index (χ0n) is 21.1. The first-order valence-corrected chi connectivity index (χ1v) is 12.3. The SMILES string of the molecule is COc1ccc(CN2C(=O)c3ccccc3[C@@H]2c2c(-c3cccc(OC)c3)n(C)c3ccccc23)cc1. The molecule has 1 atom stereocenters. The summed E-state index contributed by atoms with van der Waals surface area (Å²) in [5, 5.41) is 1.14. The average Bonchev–Trinajstić information content (AvgIpc) is 3.39. The minimum Gasteiger partial charge on any atom is -0.497 e. The normalized spacial score (nSPS) is 14.7. The van der Waals surface area contributed by atoms with E-state index < -0.39 is 0 Å². The third-order valence-electron chi connectivity index (χ3n) is 7.33. The van der Waals surface area contributed by atoms with Crippen molar-refractivity contribution in [2.75, 3.05) is 14.2 Å². The largest absolute Gasteiger partial charge is 0.497 e. The van der Waals surface area contributed by atoms with Crippen molar-refractivity contribution in [2.24, 2.45) is 7.05 Å². The molecule has 0 saturated carbocycles. The topological polar surface area (TPSA) is 43.7 Å². The Morgan fingerprint density at radius 2 is 1.51 bits per heavy atom. The van der Waals surface area contributed by atoms with Crippen LogP contribution in [0.2, 0.25) is 0 Å². The summed E-state index contributed by atoms with van der Waals surface area (Å²) in [5.41, 5.74) is 7.21. The number of hydrogen-bond donors (Lipinski definition) is 0. The molecule has 184 valence electrons. The predicted molar refractivity (Wildman–Crippen MR) is 146 cm³/mol. The minimum atomic E-state index is -0.238. The molecule has 1 amide bonds. The van der Waals surface area contributed by atoms with E-state index in [4.69, 9.17) is 9.47 Å². The molecule has 5 nitrogen and oxygen atoms in total. The summed E-state index contributed by atoms with van der Waals surface area (Å²) >= 11 is 0. The molecule has 0 unspecified atom stereocenters. The lowest BCUT2D eigenvalue weighted by molar-refractivity contribution is 0.0737. The van der Waals surface area contributed by atoms with E-state index in [-0.39, 0.29) is 11.9 Å². The number of rotatable bonds is 6. The summed E-state index contributed by atoms with van der Waals surface area (Å²) < 4.78 is 13.1. The van der Waals surface area contributed by atoms with Crippen LogP contribution in [-0.4, -0.2) is 29.6 Å². The maximum Gasteiger partial charge on any atom is 0.255 e. The van der Waals surface area contributed by atoms with Crippen LogP contribution in [-0.2, 0) is 13.6 Å². The van der Waals surface area contributed by atoms with Gasteiger partial charge >= 0.3 is 0 Å². The van der Waals surface area contributed by atoms with Crippen LogP contribution in [0.15, 0.2) is 97.1 Å². The lowest BCUT2D eigenvalue weighted by Gasteiger charge is -2.27. The van der Waals surface area contributed by atoms with Gasteiger partial charge in [-0.25, -0.2) is 0 Å². The van der Waals surface area contributed by atoms with Gasteiger partial charge in [0.05, 0.1) is 26.0 Å². The number of fused-ring (bicyclic) bond motifs is 2. The van der Waals surface area contributed by atoms with Crippen LogP contribution in [0.5, 0.6) is 11.5 Å². The predicted octanol–water partition coefficient (Wildman–Crippen LogP) is 6.61.